The first kappa shape index (κ1) is 23.0. The zero-order valence-electron chi connectivity index (χ0n) is 18.7. The third kappa shape index (κ3) is 3.28. The maximum absolute atomic E-state index is 14.4. The van der Waals surface area contributed by atoms with Crippen LogP contribution in [-0.2, 0) is 45.2 Å². The molecule has 178 valence electrons. The lowest BCUT2D eigenvalue weighted by Gasteiger charge is -2.31. The first-order valence-corrected chi connectivity index (χ1v) is 12.4. The van der Waals surface area contributed by atoms with Gasteiger partial charge in [-0.05, 0) is 42.2 Å². The number of aromatic nitrogens is 2. The Bertz CT molecular complexity index is 1420. The Balaban J connectivity index is 1.79. The fourth-order valence-electron chi connectivity index (χ4n) is 4.79. The Hall–Kier alpha value is -2.79. The molecule has 2 atom stereocenters. The lowest BCUT2D eigenvalue weighted by atomic mass is 9.86. The number of cyclic esters (lactones) is 1. The number of aryl methyl sites for hydroxylation is 1. The molecule has 0 aliphatic carbocycles. The summed E-state index contributed by atoms with van der Waals surface area (Å²) in [6.07, 6.45) is 0.0234. The molecule has 5 rings (SSSR count). The van der Waals surface area contributed by atoms with E-state index in [1.165, 1.54) is 10.6 Å². The highest BCUT2D eigenvalue weighted by molar-refractivity contribution is 7.90. The van der Waals surface area contributed by atoms with Gasteiger partial charge in [-0.15, -0.1) is 0 Å². The van der Waals surface area contributed by atoms with Crippen molar-refractivity contribution < 1.29 is 28.7 Å². The van der Waals surface area contributed by atoms with Crippen LogP contribution in [0, 0.1) is 12.7 Å². The van der Waals surface area contributed by atoms with Gasteiger partial charge in [0.15, 0.2) is 5.60 Å². The first-order chi connectivity index (χ1) is 16.2. The van der Waals surface area contributed by atoms with E-state index in [1.807, 2.05) is 0 Å². The maximum Gasteiger partial charge on any atom is 0.343 e. The quantitative estimate of drug-likeness (QED) is 0.325. The molecule has 2 N–H and O–H groups in total. The number of carbonyl (C=O) groups is 1. The molecule has 2 aliphatic rings. The van der Waals surface area contributed by atoms with Gasteiger partial charge in [-0.1, -0.05) is 6.92 Å². The number of pyridine rings is 2. The molecule has 34 heavy (non-hydrogen) atoms. The highest BCUT2D eigenvalue weighted by Gasteiger charge is 2.45. The summed E-state index contributed by atoms with van der Waals surface area (Å²) < 4.78 is 33.6. The van der Waals surface area contributed by atoms with Crippen LogP contribution in [0.4, 0.5) is 4.39 Å². The second-order valence-corrected chi connectivity index (χ2v) is 10.2. The number of ether oxygens (including phenoxy) is 1. The number of benzene rings is 1. The number of hydrogen-bond acceptors (Lipinski definition) is 7. The SMILES string of the molecule is CC[C@@]1(O)C(=O)OCc2c1cc1n(c2=O)Cc2c-1nc1cc(F)c(C)cc1c2C[S+]([O-])CCO. The average Bonchev–Trinajstić information content (AvgIpc) is 3.17. The second-order valence-electron chi connectivity index (χ2n) is 8.65. The molecule has 2 aliphatic heterocycles. The molecule has 10 heteroatoms. The van der Waals surface area contributed by atoms with E-state index < -0.39 is 34.1 Å². The monoisotopic (exact) mass is 486 g/mol. The van der Waals surface area contributed by atoms with Gasteiger partial charge in [0.05, 0.1) is 35.6 Å². The van der Waals surface area contributed by atoms with Crippen LogP contribution in [0.3, 0.4) is 0 Å². The van der Waals surface area contributed by atoms with Crippen molar-refractivity contribution in [2.75, 3.05) is 12.4 Å². The number of nitrogens with zero attached hydrogens (tertiary/aromatic N) is 2. The van der Waals surface area contributed by atoms with E-state index in [0.717, 1.165) is 0 Å². The van der Waals surface area contributed by atoms with E-state index in [2.05, 4.69) is 4.98 Å². The number of rotatable bonds is 5. The van der Waals surface area contributed by atoms with E-state index in [9.17, 15) is 28.7 Å². The summed E-state index contributed by atoms with van der Waals surface area (Å²) in [5.74, 6) is -1.06. The van der Waals surface area contributed by atoms with Crippen molar-refractivity contribution >= 4 is 28.0 Å². The molecular formula is C24H23FN2O6S. The summed E-state index contributed by atoms with van der Waals surface area (Å²) in [6, 6.07) is 4.55. The molecule has 3 aromatic rings. The Morgan fingerprint density at radius 1 is 1.29 bits per heavy atom. The third-order valence-electron chi connectivity index (χ3n) is 6.71. The molecule has 4 heterocycles. The summed E-state index contributed by atoms with van der Waals surface area (Å²) in [4.78, 5) is 30.4. The fourth-order valence-corrected chi connectivity index (χ4v) is 5.79. The molecule has 0 saturated heterocycles. The molecule has 0 fully saturated rings. The van der Waals surface area contributed by atoms with E-state index in [-0.39, 0.29) is 48.8 Å². The Morgan fingerprint density at radius 3 is 2.76 bits per heavy atom. The number of aliphatic hydroxyl groups excluding tert-OH is 1. The topological polar surface area (TPSA) is 125 Å². The van der Waals surface area contributed by atoms with Crippen molar-refractivity contribution in [2.45, 2.75) is 44.8 Å². The van der Waals surface area contributed by atoms with E-state index in [1.54, 1.807) is 26.0 Å². The van der Waals surface area contributed by atoms with Crippen LogP contribution in [0.15, 0.2) is 23.0 Å². The molecule has 2 aromatic heterocycles. The van der Waals surface area contributed by atoms with Gasteiger partial charge < -0.3 is 24.1 Å². The molecule has 0 amide bonds. The zero-order chi connectivity index (χ0) is 24.4. The maximum atomic E-state index is 14.4. The lowest BCUT2D eigenvalue weighted by molar-refractivity contribution is -0.172. The van der Waals surface area contributed by atoms with Crippen molar-refractivity contribution in [1.82, 2.24) is 9.55 Å². The second kappa shape index (κ2) is 8.16. The first-order valence-electron chi connectivity index (χ1n) is 10.9. The minimum atomic E-state index is -1.95. The van der Waals surface area contributed by atoms with Gasteiger partial charge in [0.1, 0.15) is 23.9 Å². The van der Waals surface area contributed by atoms with Gasteiger partial charge in [-0.25, -0.2) is 14.2 Å². The van der Waals surface area contributed by atoms with Crippen molar-refractivity contribution in [1.29, 1.82) is 0 Å². The standard InChI is InChI=1S/C24H23FN2O6S/c1-3-24(31)17-7-20-21-14(9-27(20)22(29)15(17)10-33-23(24)30)16(11-34(32)5-4-28)13-6-12(2)18(25)8-19(13)26-21/h6-8,28,31H,3-5,9-11H2,1-2H3/t24-,34?/m0/s1. The Kier molecular flexibility index (Phi) is 5.51. The predicted octanol–water partition coefficient (Wildman–Crippen LogP) is 1.77. The summed E-state index contributed by atoms with van der Waals surface area (Å²) in [5, 5.41) is 20.9. The van der Waals surface area contributed by atoms with Crippen LogP contribution < -0.4 is 5.56 Å². The van der Waals surface area contributed by atoms with Crippen molar-refractivity contribution in [3.8, 4) is 11.4 Å². The lowest BCUT2D eigenvalue weighted by Crippen LogP contribution is -2.44. The van der Waals surface area contributed by atoms with Crippen LogP contribution in [0.2, 0.25) is 0 Å². The Labute approximate surface area is 197 Å². The van der Waals surface area contributed by atoms with Gasteiger partial charge in [0.2, 0.25) is 0 Å². The van der Waals surface area contributed by atoms with Crippen molar-refractivity contribution in [3.05, 3.63) is 62.2 Å². The summed E-state index contributed by atoms with van der Waals surface area (Å²) >= 11 is -1.39. The number of carbonyl (C=O) groups excluding carboxylic acids is 1. The van der Waals surface area contributed by atoms with Gasteiger partial charge in [-0.3, -0.25) is 4.79 Å². The van der Waals surface area contributed by atoms with Crippen LogP contribution in [-0.4, -0.2) is 42.6 Å². The van der Waals surface area contributed by atoms with Crippen molar-refractivity contribution in [3.63, 3.8) is 0 Å². The number of halogens is 1. The average molecular weight is 487 g/mol. The van der Waals surface area contributed by atoms with E-state index >= 15 is 0 Å². The largest absolute Gasteiger partial charge is 0.616 e. The molecule has 0 radical (unpaired) electrons. The fraction of sp³-hybridized carbons (Fsp3) is 0.375. The summed E-state index contributed by atoms with van der Waals surface area (Å²) in [7, 11) is 0. The van der Waals surface area contributed by atoms with Gasteiger partial charge in [-0.2, -0.15) is 0 Å². The number of aliphatic hydroxyl groups is 2. The zero-order valence-corrected chi connectivity index (χ0v) is 19.5. The number of fused-ring (bicyclic) bond motifs is 5. The smallest absolute Gasteiger partial charge is 0.343 e. The third-order valence-corrected chi connectivity index (χ3v) is 7.96. The van der Waals surface area contributed by atoms with E-state index in [0.29, 0.717) is 39.0 Å². The molecule has 0 bridgehead atoms. The molecule has 1 unspecified atom stereocenters. The van der Waals surface area contributed by atoms with Gasteiger partial charge in [0.25, 0.3) is 5.56 Å². The van der Waals surface area contributed by atoms with Gasteiger partial charge in [0, 0.05) is 28.1 Å². The van der Waals surface area contributed by atoms with Crippen molar-refractivity contribution in [2.24, 2.45) is 0 Å². The molecule has 8 nitrogen and oxygen atoms in total. The highest BCUT2D eigenvalue weighted by atomic mass is 32.2. The number of esters is 1. The van der Waals surface area contributed by atoms with Gasteiger partial charge >= 0.3 is 5.97 Å². The highest BCUT2D eigenvalue weighted by Crippen LogP contribution is 2.40. The molecule has 0 spiro atoms. The molecule has 0 saturated carbocycles. The predicted molar refractivity (Wildman–Crippen MR) is 123 cm³/mol. The normalized spacial score (nSPS) is 19.5. The Morgan fingerprint density at radius 2 is 2.06 bits per heavy atom. The minimum Gasteiger partial charge on any atom is -0.616 e. The molecular weight excluding hydrogens is 463 g/mol. The number of hydrogen-bond donors (Lipinski definition) is 2. The van der Waals surface area contributed by atoms with Crippen LogP contribution in [0.25, 0.3) is 22.3 Å². The summed E-state index contributed by atoms with van der Waals surface area (Å²) in [5.41, 5.74) is 0.981. The van der Waals surface area contributed by atoms with Crippen LogP contribution in [0.5, 0.6) is 0 Å². The summed E-state index contributed by atoms with van der Waals surface area (Å²) in [6.45, 7) is 2.94. The molecule has 1 aromatic carbocycles. The van der Waals surface area contributed by atoms with Crippen LogP contribution in [0.1, 0.15) is 41.2 Å². The minimum absolute atomic E-state index is 0.0234. The van der Waals surface area contributed by atoms with E-state index in [4.69, 9.17) is 4.74 Å². The van der Waals surface area contributed by atoms with Crippen LogP contribution >= 0.6 is 0 Å².